The highest BCUT2D eigenvalue weighted by Gasteiger charge is 2.53. The molecule has 0 radical (unpaired) electrons. The van der Waals surface area contributed by atoms with Gasteiger partial charge in [0.05, 0.1) is 5.41 Å². The topological polar surface area (TPSA) is 38.7 Å². The van der Waals surface area contributed by atoms with Gasteiger partial charge >= 0.3 is 0 Å². The molecule has 0 fully saturated rings. The van der Waals surface area contributed by atoms with Gasteiger partial charge in [-0.25, -0.2) is 4.98 Å². The van der Waals surface area contributed by atoms with Crippen LogP contribution in [0.15, 0.2) is 152 Å². The molecule has 218 valence electrons. The van der Waals surface area contributed by atoms with Crippen LogP contribution in [0, 0.1) is 0 Å². The van der Waals surface area contributed by atoms with E-state index < -0.39 is 5.41 Å². The highest BCUT2D eigenvalue weighted by molar-refractivity contribution is 5.98. The molecule has 1 heterocycles. The van der Waals surface area contributed by atoms with E-state index in [0.717, 1.165) is 28.1 Å². The van der Waals surface area contributed by atoms with E-state index in [1.54, 1.807) is 0 Å². The van der Waals surface area contributed by atoms with E-state index in [9.17, 15) is 0 Å². The Hall–Kier alpha value is -5.67. The largest absolute Gasteiger partial charge is 0.224 e. The molecule has 0 saturated carbocycles. The van der Waals surface area contributed by atoms with Crippen molar-refractivity contribution < 1.29 is 0 Å². The average Bonchev–Trinajstić information content (AvgIpc) is 3.43. The maximum Gasteiger partial charge on any atom is 0.182 e. The van der Waals surface area contributed by atoms with E-state index in [4.69, 9.17) is 10.1 Å². The lowest BCUT2D eigenvalue weighted by molar-refractivity contribution is 0.563. The zero-order valence-corrected chi connectivity index (χ0v) is 25.8. The van der Waals surface area contributed by atoms with E-state index >= 15 is 0 Å². The van der Waals surface area contributed by atoms with Crippen molar-refractivity contribution in [3.05, 3.63) is 185 Å². The Morgan fingerprint density at radius 1 is 0.391 bits per heavy atom. The van der Waals surface area contributed by atoms with Crippen LogP contribution in [0.3, 0.4) is 0 Å². The summed E-state index contributed by atoms with van der Waals surface area (Å²) in [6.07, 6.45) is 0. The second-order valence-electron chi connectivity index (χ2n) is 12.8. The van der Waals surface area contributed by atoms with Crippen LogP contribution in [0.4, 0.5) is 0 Å². The molecule has 0 amide bonds. The summed E-state index contributed by atoms with van der Waals surface area (Å²) in [5, 5.41) is 9.51. The van der Waals surface area contributed by atoms with Gasteiger partial charge in [-0.05, 0) is 44.5 Å². The van der Waals surface area contributed by atoms with Gasteiger partial charge in [0.2, 0.25) is 0 Å². The quantitative estimate of drug-likeness (QED) is 0.206. The molecule has 0 saturated heterocycles. The lowest BCUT2D eigenvalue weighted by Crippen LogP contribution is -2.40. The monoisotopic (exact) mass is 589 g/mol. The van der Waals surface area contributed by atoms with Crippen molar-refractivity contribution in [1.82, 2.24) is 15.2 Å². The van der Waals surface area contributed by atoms with E-state index in [-0.39, 0.29) is 5.41 Å². The van der Waals surface area contributed by atoms with Gasteiger partial charge in [-0.1, -0.05) is 166 Å². The summed E-state index contributed by atoms with van der Waals surface area (Å²) >= 11 is 0. The van der Waals surface area contributed by atoms with E-state index in [0.29, 0.717) is 5.82 Å². The summed E-state index contributed by atoms with van der Waals surface area (Å²) in [6.45, 7) is 4.72. The summed E-state index contributed by atoms with van der Waals surface area (Å²) in [6, 6.07) is 54.2. The van der Waals surface area contributed by atoms with E-state index in [1.807, 2.05) is 48.5 Å². The third kappa shape index (κ3) is 3.57. The molecule has 6 aromatic carbocycles. The molecule has 2 aliphatic carbocycles. The predicted molar refractivity (Wildman–Crippen MR) is 186 cm³/mol. The molecule has 2 aliphatic rings. The van der Waals surface area contributed by atoms with Crippen molar-refractivity contribution in [1.29, 1.82) is 0 Å². The molecular formula is C43H31N3. The lowest BCUT2D eigenvalue weighted by Gasteiger charge is -2.46. The average molecular weight is 590 g/mol. The molecule has 0 aliphatic heterocycles. The fourth-order valence-electron chi connectivity index (χ4n) is 8.12. The highest BCUT2D eigenvalue weighted by atomic mass is 15.2. The molecule has 0 atom stereocenters. The van der Waals surface area contributed by atoms with Crippen molar-refractivity contribution in [2.45, 2.75) is 24.7 Å². The van der Waals surface area contributed by atoms with Crippen molar-refractivity contribution in [3.63, 3.8) is 0 Å². The van der Waals surface area contributed by atoms with E-state index in [1.165, 1.54) is 44.5 Å². The van der Waals surface area contributed by atoms with Gasteiger partial charge in [0.15, 0.2) is 5.82 Å². The Bertz CT molecular complexity index is 2240. The minimum Gasteiger partial charge on any atom is -0.224 e. The molecule has 1 spiro atoms. The Kier molecular flexibility index (Phi) is 5.76. The molecule has 3 nitrogen and oxygen atoms in total. The number of nitrogens with zero attached hydrogens (tertiary/aromatic N) is 3. The molecule has 0 unspecified atom stereocenters. The SMILES string of the molecule is CC1(C)c2ccccc2C2(c3ccccc3-c3c(-c4nc(-c5ccccc5)nnc4-c4ccccc4)cccc32)c2ccccc21. The van der Waals surface area contributed by atoms with Gasteiger partial charge in [-0.2, -0.15) is 0 Å². The molecule has 0 bridgehead atoms. The van der Waals surface area contributed by atoms with Crippen molar-refractivity contribution in [3.8, 4) is 45.0 Å². The van der Waals surface area contributed by atoms with Crippen LogP contribution < -0.4 is 0 Å². The highest BCUT2D eigenvalue weighted by Crippen LogP contribution is 2.63. The minimum atomic E-state index is -0.472. The summed E-state index contributed by atoms with van der Waals surface area (Å²) in [4.78, 5) is 5.31. The van der Waals surface area contributed by atoms with Crippen LogP contribution in [0.1, 0.15) is 47.2 Å². The molecule has 9 rings (SSSR count). The van der Waals surface area contributed by atoms with Crippen molar-refractivity contribution in [2.75, 3.05) is 0 Å². The Balaban J connectivity index is 1.41. The summed E-state index contributed by atoms with van der Waals surface area (Å²) in [5.41, 5.74) is 14.4. The smallest absolute Gasteiger partial charge is 0.182 e. The fraction of sp³-hybridized carbons (Fsp3) is 0.0930. The first kappa shape index (κ1) is 26.7. The van der Waals surface area contributed by atoms with Crippen LogP contribution in [-0.2, 0) is 10.8 Å². The standard InChI is InChI=1S/C43H31N3/c1-42(2)33-23-11-13-25-35(33)43(36-26-14-12-24-34(36)42)32-22-10-9-20-30(32)38-31(21-15-27-37(38)43)40-39(28-16-5-3-6-17-28)45-46-41(44-40)29-18-7-4-8-19-29/h3-27H,1-2H3. The van der Waals surface area contributed by atoms with Crippen LogP contribution in [0.5, 0.6) is 0 Å². The third-order valence-corrected chi connectivity index (χ3v) is 10.1. The van der Waals surface area contributed by atoms with Gasteiger partial charge in [0.25, 0.3) is 0 Å². The van der Waals surface area contributed by atoms with Crippen LogP contribution >= 0.6 is 0 Å². The minimum absolute atomic E-state index is 0.143. The number of hydrogen-bond acceptors (Lipinski definition) is 3. The first-order valence-corrected chi connectivity index (χ1v) is 15.9. The van der Waals surface area contributed by atoms with Crippen molar-refractivity contribution >= 4 is 0 Å². The van der Waals surface area contributed by atoms with Crippen LogP contribution in [0.25, 0.3) is 45.0 Å². The number of hydrogen-bond donors (Lipinski definition) is 0. The zero-order valence-electron chi connectivity index (χ0n) is 25.8. The summed E-state index contributed by atoms with van der Waals surface area (Å²) in [7, 11) is 0. The fourth-order valence-corrected chi connectivity index (χ4v) is 8.12. The summed E-state index contributed by atoms with van der Waals surface area (Å²) in [5.74, 6) is 0.615. The van der Waals surface area contributed by atoms with E-state index in [2.05, 4.69) is 122 Å². The second-order valence-corrected chi connectivity index (χ2v) is 12.8. The van der Waals surface area contributed by atoms with Gasteiger partial charge < -0.3 is 0 Å². The molecule has 0 N–H and O–H groups in total. The van der Waals surface area contributed by atoms with Crippen LogP contribution in [0.2, 0.25) is 0 Å². The van der Waals surface area contributed by atoms with Gasteiger partial charge in [-0.3, -0.25) is 0 Å². The number of benzene rings is 6. The normalized spacial score (nSPS) is 14.7. The third-order valence-electron chi connectivity index (χ3n) is 10.1. The predicted octanol–water partition coefficient (Wildman–Crippen LogP) is 9.87. The van der Waals surface area contributed by atoms with Gasteiger partial charge in [0, 0.05) is 22.1 Å². The molecule has 3 heteroatoms. The van der Waals surface area contributed by atoms with Gasteiger partial charge in [-0.15, -0.1) is 10.2 Å². The first-order chi connectivity index (χ1) is 22.6. The second kappa shape index (κ2) is 9.92. The molecular weight excluding hydrogens is 558 g/mol. The Labute approximate surface area is 269 Å². The number of rotatable bonds is 3. The maximum absolute atomic E-state index is 5.31. The molecule has 7 aromatic rings. The van der Waals surface area contributed by atoms with Crippen LogP contribution in [-0.4, -0.2) is 15.2 Å². The number of aromatic nitrogens is 3. The van der Waals surface area contributed by atoms with Crippen molar-refractivity contribution in [2.24, 2.45) is 0 Å². The Morgan fingerprint density at radius 2 is 0.891 bits per heavy atom. The molecule has 1 aromatic heterocycles. The summed E-state index contributed by atoms with van der Waals surface area (Å²) < 4.78 is 0. The van der Waals surface area contributed by atoms with Gasteiger partial charge in [0.1, 0.15) is 11.4 Å². The lowest BCUT2D eigenvalue weighted by atomic mass is 9.55. The first-order valence-electron chi connectivity index (χ1n) is 15.9. The Morgan fingerprint density at radius 3 is 1.54 bits per heavy atom. The zero-order chi connectivity index (χ0) is 30.9. The molecule has 46 heavy (non-hydrogen) atoms. The maximum atomic E-state index is 5.31. The number of fused-ring (bicyclic) bond motifs is 9.